The molecule has 0 fully saturated rings. The molecule has 3 aromatic rings. The van der Waals surface area contributed by atoms with E-state index < -0.39 is 17.1 Å². The summed E-state index contributed by atoms with van der Waals surface area (Å²) in [4.78, 5) is 33.7. The van der Waals surface area contributed by atoms with Crippen molar-refractivity contribution in [3.8, 4) is 11.4 Å². The number of nitrogens with zero attached hydrogens (tertiary/aromatic N) is 1. The molecule has 2 heterocycles. The maximum Gasteiger partial charge on any atom is 0.327 e. The van der Waals surface area contributed by atoms with Gasteiger partial charge in [-0.1, -0.05) is 0 Å². The van der Waals surface area contributed by atoms with Crippen LogP contribution in [0.25, 0.3) is 22.6 Å². The zero-order valence-electron chi connectivity index (χ0n) is 9.45. The van der Waals surface area contributed by atoms with E-state index in [2.05, 4.69) is 19.9 Å². The first-order valence-electron chi connectivity index (χ1n) is 5.32. The number of rotatable bonds is 1. The molecule has 19 heavy (non-hydrogen) atoms. The summed E-state index contributed by atoms with van der Waals surface area (Å²) in [6, 6.07) is 4.10. The molecular formula is C11H8FN5O2. The Hall–Kier alpha value is -2.90. The molecule has 1 aromatic carbocycles. The SMILES string of the molecule is Nc1ccc(-c2nc3[nH]c(=O)[nH]c(=O)c3[nH]2)c(F)c1. The molecule has 0 bridgehead atoms. The molecule has 3 rings (SSSR count). The topological polar surface area (TPSA) is 120 Å². The van der Waals surface area contributed by atoms with Gasteiger partial charge in [0.2, 0.25) is 0 Å². The summed E-state index contributed by atoms with van der Waals surface area (Å²) in [6.45, 7) is 0. The van der Waals surface area contributed by atoms with E-state index in [9.17, 15) is 14.0 Å². The van der Waals surface area contributed by atoms with Crippen molar-refractivity contribution in [3.05, 3.63) is 44.9 Å². The number of hydrogen-bond acceptors (Lipinski definition) is 4. The van der Waals surface area contributed by atoms with E-state index in [0.717, 1.165) is 6.07 Å². The van der Waals surface area contributed by atoms with Crippen LogP contribution in [0.15, 0.2) is 27.8 Å². The molecule has 96 valence electrons. The van der Waals surface area contributed by atoms with Gasteiger partial charge in [-0.15, -0.1) is 0 Å². The number of imidazole rings is 1. The molecule has 0 unspecified atom stereocenters. The standard InChI is InChI=1S/C11H8FN5O2/c12-6-3-4(13)1-2-5(6)8-14-7-9(15-8)16-11(19)17-10(7)18/h1-3H,13H2,(H3,14,15,16,17,18,19). The predicted octanol–water partition coefficient (Wildman–Crippen LogP) is 0.328. The molecule has 0 amide bonds. The predicted molar refractivity (Wildman–Crippen MR) is 67.1 cm³/mol. The van der Waals surface area contributed by atoms with Crippen molar-refractivity contribution in [1.82, 2.24) is 19.9 Å². The number of nitrogens with two attached hydrogens (primary N) is 1. The van der Waals surface area contributed by atoms with Crippen LogP contribution in [-0.4, -0.2) is 19.9 Å². The van der Waals surface area contributed by atoms with Crippen molar-refractivity contribution in [2.45, 2.75) is 0 Å². The van der Waals surface area contributed by atoms with Crippen molar-refractivity contribution < 1.29 is 4.39 Å². The maximum atomic E-state index is 13.7. The normalized spacial score (nSPS) is 11.0. The highest BCUT2D eigenvalue weighted by atomic mass is 19.1. The lowest BCUT2D eigenvalue weighted by Gasteiger charge is -1.99. The fraction of sp³-hybridized carbons (Fsp3) is 0. The van der Waals surface area contributed by atoms with Crippen molar-refractivity contribution in [3.63, 3.8) is 0 Å². The summed E-state index contributed by atoms with van der Waals surface area (Å²) in [7, 11) is 0. The number of aromatic amines is 3. The number of anilines is 1. The van der Waals surface area contributed by atoms with Crippen LogP contribution in [0, 0.1) is 5.82 Å². The van der Waals surface area contributed by atoms with E-state index in [-0.39, 0.29) is 28.2 Å². The molecule has 0 saturated carbocycles. The average Bonchev–Trinajstić information content (AvgIpc) is 2.72. The lowest BCUT2D eigenvalue weighted by atomic mass is 10.2. The quantitative estimate of drug-likeness (QED) is 0.471. The number of aromatic nitrogens is 4. The Kier molecular flexibility index (Phi) is 2.24. The van der Waals surface area contributed by atoms with Gasteiger partial charge in [0.15, 0.2) is 5.65 Å². The van der Waals surface area contributed by atoms with Crippen LogP contribution >= 0.6 is 0 Å². The van der Waals surface area contributed by atoms with Gasteiger partial charge >= 0.3 is 5.69 Å². The first kappa shape index (κ1) is 11.2. The van der Waals surface area contributed by atoms with Gasteiger partial charge in [-0.2, -0.15) is 0 Å². The molecule has 0 spiro atoms. The van der Waals surface area contributed by atoms with Crippen LogP contribution in [0.2, 0.25) is 0 Å². The van der Waals surface area contributed by atoms with E-state index in [0.29, 0.717) is 0 Å². The summed E-state index contributed by atoms with van der Waals surface area (Å²) in [5.41, 5.74) is 4.74. The Labute approximate surface area is 104 Å². The highest BCUT2D eigenvalue weighted by Crippen LogP contribution is 2.22. The van der Waals surface area contributed by atoms with Crippen LogP contribution in [-0.2, 0) is 0 Å². The minimum Gasteiger partial charge on any atom is -0.399 e. The van der Waals surface area contributed by atoms with Gasteiger partial charge in [-0.3, -0.25) is 14.8 Å². The van der Waals surface area contributed by atoms with Gasteiger partial charge in [0, 0.05) is 5.69 Å². The van der Waals surface area contributed by atoms with Gasteiger partial charge in [0.1, 0.15) is 17.2 Å². The van der Waals surface area contributed by atoms with Crippen molar-refractivity contribution >= 4 is 16.9 Å². The Morgan fingerprint density at radius 3 is 2.68 bits per heavy atom. The lowest BCUT2D eigenvalue weighted by molar-refractivity contribution is 0.631. The number of H-pyrrole nitrogens is 3. The van der Waals surface area contributed by atoms with Gasteiger partial charge in [-0.25, -0.2) is 14.2 Å². The monoisotopic (exact) mass is 261 g/mol. The third-order valence-electron chi connectivity index (χ3n) is 2.64. The van der Waals surface area contributed by atoms with E-state index in [1.54, 1.807) is 0 Å². The molecule has 0 aliphatic heterocycles. The summed E-state index contributed by atoms with van der Waals surface area (Å²) in [5, 5.41) is 0. The molecule has 0 aliphatic carbocycles. The number of nitrogens with one attached hydrogen (secondary N) is 3. The fourth-order valence-corrected chi connectivity index (χ4v) is 1.78. The second-order valence-corrected chi connectivity index (χ2v) is 3.96. The fourth-order valence-electron chi connectivity index (χ4n) is 1.78. The zero-order chi connectivity index (χ0) is 13.6. The molecule has 8 heteroatoms. The molecule has 2 aromatic heterocycles. The van der Waals surface area contributed by atoms with Crippen LogP contribution in [0.4, 0.5) is 10.1 Å². The zero-order valence-corrected chi connectivity index (χ0v) is 9.45. The number of nitrogen functional groups attached to an aromatic ring is 1. The lowest BCUT2D eigenvalue weighted by Crippen LogP contribution is -2.21. The van der Waals surface area contributed by atoms with Crippen LogP contribution in [0.1, 0.15) is 0 Å². The van der Waals surface area contributed by atoms with Gasteiger partial charge in [0.25, 0.3) is 5.56 Å². The molecule has 0 aliphatic rings. The highest BCUT2D eigenvalue weighted by Gasteiger charge is 2.12. The smallest absolute Gasteiger partial charge is 0.327 e. The first-order chi connectivity index (χ1) is 9.04. The van der Waals surface area contributed by atoms with Gasteiger partial charge < -0.3 is 10.7 Å². The molecule has 5 N–H and O–H groups in total. The Bertz CT molecular complexity index is 892. The minimum absolute atomic E-state index is 0.0694. The maximum absolute atomic E-state index is 13.7. The van der Waals surface area contributed by atoms with Crippen LogP contribution < -0.4 is 17.0 Å². The van der Waals surface area contributed by atoms with E-state index in [1.807, 2.05) is 0 Å². The van der Waals surface area contributed by atoms with Crippen molar-refractivity contribution in [2.75, 3.05) is 5.73 Å². The third-order valence-corrected chi connectivity index (χ3v) is 2.64. The largest absolute Gasteiger partial charge is 0.399 e. The van der Waals surface area contributed by atoms with E-state index >= 15 is 0 Å². The number of fused-ring (bicyclic) bond motifs is 1. The highest BCUT2D eigenvalue weighted by molar-refractivity contribution is 5.75. The summed E-state index contributed by atoms with van der Waals surface area (Å²) in [6.07, 6.45) is 0. The number of benzene rings is 1. The van der Waals surface area contributed by atoms with Gasteiger partial charge in [-0.05, 0) is 18.2 Å². The van der Waals surface area contributed by atoms with E-state index in [4.69, 9.17) is 5.73 Å². The molecule has 0 saturated heterocycles. The van der Waals surface area contributed by atoms with Crippen molar-refractivity contribution in [1.29, 1.82) is 0 Å². The van der Waals surface area contributed by atoms with Gasteiger partial charge in [0.05, 0.1) is 5.56 Å². The first-order valence-corrected chi connectivity index (χ1v) is 5.32. The summed E-state index contributed by atoms with van der Waals surface area (Å²) in [5.74, 6) is -0.433. The Morgan fingerprint density at radius 2 is 1.95 bits per heavy atom. The van der Waals surface area contributed by atoms with Crippen LogP contribution in [0.5, 0.6) is 0 Å². The molecule has 7 nitrogen and oxygen atoms in total. The molecular weight excluding hydrogens is 253 g/mol. The second-order valence-electron chi connectivity index (χ2n) is 3.96. The van der Waals surface area contributed by atoms with Crippen LogP contribution in [0.3, 0.4) is 0 Å². The minimum atomic E-state index is -0.673. The number of halogens is 1. The average molecular weight is 261 g/mol. The Balaban J connectivity index is 2.29. The second kappa shape index (κ2) is 3.80. The van der Waals surface area contributed by atoms with Crippen molar-refractivity contribution in [2.24, 2.45) is 0 Å². The van der Waals surface area contributed by atoms with E-state index in [1.165, 1.54) is 12.1 Å². The summed E-state index contributed by atoms with van der Waals surface area (Å²) >= 11 is 0. The molecule has 0 atom stereocenters. The Morgan fingerprint density at radius 1 is 1.16 bits per heavy atom. The summed E-state index contributed by atoms with van der Waals surface area (Å²) < 4.78 is 13.7. The third kappa shape index (κ3) is 1.79. The number of hydrogen-bond donors (Lipinski definition) is 4. The molecule has 0 radical (unpaired) electrons.